The summed E-state index contributed by atoms with van der Waals surface area (Å²) in [5.41, 5.74) is 3.60. The van der Waals surface area contributed by atoms with E-state index >= 15 is 0 Å². The minimum Gasteiger partial charge on any atom is -0.497 e. The van der Waals surface area contributed by atoms with Gasteiger partial charge < -0.3 is 25.0 Å². The molecule has 0 saturated heterocycles. The van der Waals surface area contributed by atoms with Gasteiger partial charge in [-0.15, -0.1) is 0 Å². The highest BCUT2D eigenvalue weighted by molar-refractivity contribution is 5.78. The second-order valence-electron chi connectivity index (χ2n) is 7.14. The number of ether oxygens (including phenoxy) is 1. The molecule has 1 atom stereocenters. The molecule has 3 heterocycles. The molecule has 2 aliphatic rings. The minimum absolute atomic E-state index is 0.0883. The van der Waals surface area contributed by atoms with Crippen molar-refractivity contribution in [3.05, 3.63) is 78.6 Å². The van der Waals surface area contributed by atoms with E-state index in [0.717, 1.165) is 23.5 Å². The summed E-state index contributed by atoms with van der Waals surface area (Å²) in [6, 6.07) is 1.94. The largest absolute Gasteiger partial charge is 0.497 e. The molecule has 2 aliphatic heterocycles. The molecule has 158 valence electrons. The van der Waals surface area contributed by atoms with Crippen LogP contribution in [0, 0.1) is 0 Å². The van der Waals surface area contributed by atoms with E-state index in [1.807, 2.05) is 29.3 Å². The number of hydrogen-bond donors (Lipinski definition) is 2. The Bertz CT molecular complexity index is 917. The van der Waals surface area contributed by atoms with Crippen LogP contribution in [-0.4, -0.2) is 42.4 Å². The number of pyridine rings is 1. The molecule has 0 aromatic carbocycles. The second-order valence-corrected chi connectivity index (χ2v) is 7.14. The van der Waals surface area contributed by atoms with Gasteiger partial charge in [0.25, 0.3) is 0 Å². The molecule has 7 heteroatoms. The number of carbonyl (C=O) groups is 1. The van der Waals surface area contributed by atoms with Gasteiger partial charge in [0, 0.05) is 37.6 Å². The molecule has 1 amide bonds. The third kappa shape index (κ3) is 5.18. The molecule has 1 unspecified atom stereocenters. The van der Waals surface area contributed by atoms with Crippen LogP contribution in [0.2, 0.25) is 0 Å². The van der Waals surface area contributed by atoms with Crippen LogP contribution >= 0.6 is 0 Å². The van der Waals surface area contributed by atoms with E-state index in [1.54, 1.807) is 44.7 Å². The molecule has 0 spiro atoms. The quantitative estimate of drug-likeness (QED) is 0.509. The molecule has 30 heavy (non-hydrogen) atoms. The fraction of sp³-hybridized carbons (Fsp3) is 0.304. The van der Waals surface area contributed by atoms with Crippen LogP contribution in [0.4, 0.5) is 11.4 Å². The number of carbonyl (C=O) groups excluding carboxylic acids is 1. The molecule has 3 rings (SSSR count). The van der Waals surface area contributed by atoms with E-state index in [-0.39, 0.29) is 5.91 Å². The van der Waals surface area contributed by atoms with Gasteiger partial charge in [-0.1, -0.05) is 12.7 Å². The highest BCUT2D eigenvalue weighted by Crippen LogP contribution is 2.35. The molecule has 1 aromatic rings. The zero-order valence-corrected chi connectivity index (χ0v) is 17.4. The van der Waals surface area contributed by atoms with Gasteiger partial charge in [0.15, 0.2) is 0 Å². The van der Waals surface area contributed by atoms with Gasteiger partial charge in [-0.2, -0.15) is 0 Å². The summed E-state index contributed by atoms with van der Waals surface area (Å²) in [4.78, 5) is 20.6. The SMILES string of the molecule is C=C/C=C(\C=C(/C)NC(=O)CCCN1c2cnccc2N2C=C/C(=C/C1O)C2)OC. The van der Waals surface area contributed by atoms with Crippen molar-refractivity contribution >= 4 is 17.3 Å². The standard InChI is InChI=1S/C23H28N4O3/c1-4-6-19(30-3)13-17(2)25-22(28)7-5-11-27-21-15-24-10-8-20(21)26-12-9-18(16-26)14-23(27)29/h4,6,8-10,12-15,23,29H,1,5,7,11,16H2,2-3H3,(H,25,28)/b17-13+,18-14-,19-6+. The average molecular weight is 409 g/mol. The molecule has 7 nitrogen and oxygen atoms in total. The van der Waals surface area contributed by atoms with E-state index in [4.69, 9.17) is 4.74 Å². The summed E-state index contributed by atoms with van der Waals surface area (Å²) in [5.74, 6) is 0.525. The summed E-state index contributed by atoms with van der Waals surface area (Å²) in [6.45, 7) is 6.70. The molecular weight excluding hydrogens is 380 g/mol. The van der Waals surface area contributed by atoms with Crippen molar-refractivity contribution in [2.24, 2.45) is 0 Å². The summed E-state index contributed by atoms with van der Waals surface area (Å²) < 4.78 is 5.20. The van der Waals surface area contributed by atoms with Gasteiger partial charge in [0.05, 0.1) is 24.7 Å². The molecule has 0 fully saturated rings. The molecule has 0 aliphatic carbocycles. The number of rotatable bonds is 8. The molecular formula is C23H28N4O3. The highest BCUT2D eigenvalue weighted by atomic mass is 16.5. The zero-order valence-electron chi connectivity index (χ0n) is 17.4. The van der Waals surface area contributed by atoms with Gasteiger partial charge in [0.2, 0.25) is 5.91 Å². The van der Waals surface area contributed by atoms with Crippen LogP contribution < -0.4 is 15.1 Å². The van der Waals surface area contributed by atoms with E-state index in [2.05, 4.69) is 21.8 Å². The lowest BCUT2D eigenvalue weighted by Gasteiger charge is -2.33. The van der Waals surface area contributed by atoms with Crippen LogP contribution in [0.3, 0.4) is 0 Å². The van der Waals surface area contributed by atoms with E-state index in [1.165, 1.54) is 0 Å². The van der Waals surface area contributed by atoms with Crippen LogP contribution in [0.15, 0.2) is 78.6 Å². The van der Waals surface area contributed by atoms with Crippen molar-refractivity contribution in [1.82, 2.24) is 10.3 Å². The fourth-order valence-corrected chi connectivity index (χ4v) is 3.51. The first-order chi connectivity index (χ1) is 14.5. The van der Waals surface area contributed by atoms with Crippen molar-refractivity contribution in [3.8, 4) is 0 Å². The van der Waals surface area contributed by atoms with Gasteiger partial charge in [0.1, 0.15) is 12.0 Å². The predicted molar refractivity (Wildman–Crippen MR) is 119 cm³/mol. The Morgan fingerprint density at radius 1 is 1.47 bits per heavy atom. The van der Waals surface area contributed by atoms with Crippen molar-refractivity contribution in [2.45, 2.75) is 26.0 Å². The monoisotopic (exact) mass is 408 g/mol. The average Bonchev–Trinajstić information content (AvgIpc) is 3.19. The lowest BCUT2D eigenvalue weighted by Crippen LogP contribution is -2.38. The summed E-state index contributed by atoms with van der Waals surface area (Å²) in [6.07, 6.45) is 14.6. The third-order valence-electron chi connectivity index (χ3n) is 4.92. The predicted octanol–water partition coefficient (Wildman–Crippen LogP) is 3.00. The van der Waals surface area contributed by atoms with E-state index in [0.29, 0.717) is 30.8 Å². The van der Waals surface area contributed by atoms with Gasteiger partial charge in [-0.05, 0) is 49.3 Å². The Morgan fingerprint density at radius 3 is 3.07 bits per heavy atom. The molecule has 1 aromatic heterocycles. The van der Waals surface area contributed by atoms with Crippen LogP contribution in [0.1, 0.15) is 19.8 Å². The molecule has 2 N–H and O–H groups in total. The summed E-state index contributed by atoms with van der Waals surface area (Å²) >= 11 is 0. The maximum absolute atomic E-state index is 12.3. The fourth-order valence-electron chi connectivity index (χ4n) is 3.51. The topological polar surface area (TPSA) is 77.9 Å². The Morgan fingerprint density at radius 2 is 2.30 bits per heavy atom. The maximum Gasteiger partial charge on any atom is 0.224 e. The van der Waals surface area contributed by atoms with Crippen molar-refractivity contribution in [3.63, 3.8) is 0 Å². The lowest BCUT2D eigenvalue weighted by molar-refractivity contribution is -0.120. The molecule has 0 saturated carbocycles. The van der Waals surface area contributed by atoms with Crippen molar-refractivity contribution in [2.75, 3.05) is 30.0 Å². The molecule has 2 bridgehead atoms. The number of methoxy groups -OCH3 is 1. The summed E-state index contributed by atoms with van der Waals surface area (Å²) in [5, 5.41) is 13.6. The molecule has 0 radical (unpaired) electrons. The first-order valence-corrected chi connectivity index (χ1v) is 9.91. The smallest absolute Gasteiger partial charge is 0.224 e. The third-order valence-corrected chi connectivity index (χ3v) is 4.92. The summed E-state index contributed by atoms with van der Waals surface area (Å²) in [7, 11) is 1.57. The Labute approximate surface area is 177 Å². The van der Waals surface area contributed by atoms with E-state index in [9.17, 15) is 9.90 Å². The van der Waals surface area contributed by atoms with Gasteiger partial charge >= 0.3 is 0 Å². The first-order valence-electron chi connectivity index (χ1n) is 9.91. The number of hydrogen-bond acceptors (Lipinski definition) is 6. The number of nitrogens with zero attached hydrogens (tertiary/aromatic N) is 3. The van der Waals surface area contributed by atoms with Gasteiger partial charge in [-0.3, -0.25) is 9.78 Å². The highest BCUT2D eigenvalue weighted by Gasteiger charge is 2.25. The number of anilines is 2. The van der Waals surface area contributed by atoms with Gasteiger partial charge in [-0.25, -0.2) is 0 Å². The number of aliphatic hydroxyl groups is 1. The minimum atomic E-state index is -0.772. The van der Waals surface area contributed by atoms with Crippen LogP contribution in [-0.2, 0) is 9.53 Å². The number of fused-ring (bicyclic) bond motifs is 4. The number of amides is 1. The van der Waals surface area contributed by atoms with Crippen LogP contribution in [0.5, 0.6) is 0 Å². The Balaban J connectivity index is 1.62. The second kappa shape index (κ2) is 9.93. The van der Waals surface area contributed by atoms with Crippen molar-refractivity contribution < 1.29 is 14.6 Å². The first kappa shape index (κ1) is 21.4. The Kier molecular flexibility index (Phi) is 7.08. The lowest BCUT2D eigenvalue weighted by atomic mass is 10.1. The zero-order chi connectivity index (χ0) is 21.5. The van der Waals surface area contributed by atoms with Crippen molar-refractivity contribution in [1.29, 1.82) is 0 Å². The number of aliphatic hydroxyl groups excluding tert-OH is 1. The normalized spacial score (nSPS) is 20.1. The number of allylic oxidation sites excluding steroid dienone is 4. The Hall–Kier alpha value is -3.32. The number of aromatic nitrogens is 1. The maximum atomic E-state index is 12.3. The number of nitrogens with one attached hydrogen (secondary N) is 1. The van der Waals surface area contributed by atoms with Crippen LogP contribution in [0.25, 0.3) is 0 Å². The van der Waals surface area contributed by atoms with E-state index < -0.39 is 6.23 Å².